The van der Waals surface area contributed by atoms with Crippen molar-refractivity contribution in [3.8, 4) is 0 Å². The average Bonchev–Trinajstić information content (AvgIpc) is 1.81. The Labute approximate surface area is 81.4 Å². The van der Waals surface area contributed by atoms with Crippen molar-refractivity contribution in [2.45, 2.75) is 46.6 Å². The Bertz CT molecular complexity index is 199. The monoisotopic (exact) mass is 183 g/mol. The highest BCUT2D eigenvalue weighted by molar-refractivity contribution is 5.93. The summed E-state index contributed by atoms with van der Waals surface area (Å²) in [4.78, 5) is 11.5. The molecule has 0 saturated carbocycles. The minimum absolute atomic E-state index is 0.0267. The molecule has 0 aromatic carbocycles. The van der Waals surface area contributed by atoms with Crippen molar-refractivity contribution in [1.82, 2.24) is 5.32 Å². The molecule has 0 saturated heterocycles. The van der Waals surface area contributed by atoms with Crippen LogP contribution >= 0.6 is 0 Å². The topological polar surface area (TPSA) is 29.1 Å². The van der Waals surface area contributed by atoms with E-state index >= 15 is 0 Å². The number of nitrogens with one attached hydrogen (secondary N) is 1. The van der Waals surface area contributed by atoms with Crippen LogP contribution in [0.1, 0.15) is 41.0 Å². The first-order valence-electron chi connectivity index (χ1n) is 4.72. The standard InChI is InChI=1S/C11H21NO/c1-8(2)7-9(3)10(13)12-11(4,5)6/h8H,3,7H2,1-2,4-6H3,(H,12,13). The molecule has 0 rings (SSSR count). The van der Waals surface area contributed by atoms with Crippen LogP contribution in [-0.4, -0.2) is 11.4 Å². The van der Waals surface area contributed by atoms with Gasteiger partial charge in [0.1, 0.15) is 0 Å². The predicted molar refractivity (Wildman–Crippen MR) is 56.5 cm³/mol. The van der Waals surface area contributed by atoms with E-state index < -0.39 is 0 Å². The molecule has 0 aliphatic rings. The second-order valence-corrected chi connectivity index (χ2v) is 4.91. The molecule has 0 aliphatic heterocycles. The Morgan fingerprint density at radius 1 is 1.38 bits per heavy atom. The molecule has 0 aromatic heterocycles. The lowest BCUT2D eigenvalue weighted by atomic mass is 10.0. The van der Waals surface area contributed by atoms with Crippen LogP contribution in [0, 0.1) is 5.92 Å². The van der Waals surface area contributed by atoms with E-state index in [-0.39, 0.29) is 11.4 Å². The van der Waals surface area contributed by atoms with Gasteiger partial charge >= 0.3 is 0 Å². The highest BCUT2D eigenvalue weighted by atomic mass is 16.1. The van der Waals surface area contributed by atoms with Crippen LogP contribution in [-0.2, 0) is 4.79 Å². The molecule has 0 unspecified atom stereocenters. The normalized spacial score (nSPS) is 11.5. The molecule has 0 heterocycles. The van der Waals surface area contributed by atoms with Gasteiger partial charge in [-0.15, -0.1) is 0 Å². The first-order chi connectivity index (χ1) is 5.72. The summed E-state index contributed by atoms with van der Waals surface area (Å²) in [5, 5.41) is 2.89. The Kier molecular flexibility index (Phi) is 4.18. The average molecular weight is 183 g/mol. The highest BCUT2D eigenvalue weighted by Crippen LogP contribution is 2.10. The second-order valence-electron chi connectivity index (χ2n) is 4.91. The fraction of sp³-hybridized carbons (Fsp3) is 0.727. The van der Waals surface area contributed by atoms with Gasteiger partial charge in [-0.3, -0.25) is 4.79 Å². The first-order valence-corrected chi connectivity index (χ1v) is 4.72. The van der Waals surface area contributed by atoms with E-state index in [9.17, 15) is 4.79 Å². The van der Waals surface area contributed by atoms with Gasteiger partial charge < -0.3 is 5.32 Å². The van der Waals surface area contributed by atoms with Gasteiger partial charge in [-0.1, -0.05) is 20.4 Å². The summed E-state index contributed by atoms with van der Waals surface area (Å²) >= 11 is 0. The van der Waals surface area contributed by atoms with Crippen molar-refractivity contribution in [3.63, 3.8) is 0 Å². The summed E-state index contributed by atoms with van der Waals surface area (Å²) < 4.78 is 0. The molecule has 1 amide bonds. The van der Waals surface area contributed by atoms with Crippen LogP contribution in [0.5, 0.6) is 0 Å². The van der Waals surface area contributed by atoms with Crippen LogP contribution < -0.4 is 5.32 Å². The van der Waals surface area contributed by atoms with Crippen molar-refractivity contribution in [2.24, 2.45) is 5.92 Å². The van der Waals surface area contributed by atoms with Crippen LogP contribution in [0.2, 0.25) is 0 Å². The number of hydrogen-bond acceptors (Lipinski definition) is 1. The molecule has 0 spiro atoms. The molecule has 1 N–H and O–H groups in total. The van der Waals surface area contributed by atoms with Crippen LogP contribution in [0.15, 0.2) is 12.2 Å². The largest absolute Gasteiger partial charge is 0.348 e. The summed E-state index contributed by atoms with van der Waals surface area (Å²) in [7, 11) is 0. The third kappa shape index (κ3) is 6.38. The van der Waals surface area contributed by atoms with E-state index in [0.717, 1.165) is 6.42 Å². The molecule has 0 radical (unpaired) electrons. The third-order valence-corrected chi connectivity index (χ3v) is 1.46. The van der Waals surface area contributed by atoms with Crippen LogP contribution in [0.4, 0.5) is 0 Å². The summed E-state index contributed by atoms with van der Waals surface area (Å²) in [5.74, 6) is 0.458. The fourth-order valence-corrected chi connectivity index (χ4v) is 1.01. The zero-order valence-corrected chi connectivity index (χ0v) is 9.40. The molecular formula is C11H21NO. The fourth-order valence-electron chi connectivity index (χ4n) is 1.01. The molecule has 2 heteroatoms. The lowest BCUT2D eigenvalue weighted by Crippen LogP contribution is -2.41. The van der Waals surface area contributed by atoms with Gasteiger partial charge in [0, 0.05) is 11.1 Å². The maximum absolute atomic E-state index is 11.5. The molecular weight excluding hydrogens is 162 g/mol. The summed E-state index contributed by atoms with van der Waals surface area (Å²) in [6.45, 7) is 13.8. The van der Waals surface area contributed by atoms with E-state index in [1.165, 1.54) is 0 Å². The minimum atomic E-state index is -0.170. The van der Waals surface area contributed by atoms with Crippen molar-refractivity contribution in [2.75, 3.05) is 0 Å². The van der Waals surface area contributed by atoms with Gasteiger partial charge in [0.05, 0.1) is 0 Å². The van der Waals surface area contributed by atoms with Gasteiger partial charge in [-0.05, 0) is 33.1 Å². The number of carbonyl (C=O) groups excluding carboxylic acids is 1. The molecule has 0 bridgehead atoms. The molecule has 0 atom stereocenters. The first kappa shape index (κ1) is 12.2. The van der Waals surface area contributed by atoms with E-state index in [0.29, 0.717) is 11.5 Å². The van der Waals surface area contributed by atoms with Gasteiger partial charge in [-0.2, -0.15) is 0 Å². The molecule has 2 nitrogen and oxygen atoms in total. The van der Waals surface area contributed by atoms with E-state index in [2.05, 4.69) is 25.7 Å². The van der Waals surface area contributed by atoms with Crippen molar-refractivity contribution >= 4 is 5.91 Å². The van der Waals surface area contributed by atoms with Crippen molar-refractivity contribution in [1.29, 1.82) is 0 Å². The van der Waals surface area contributed by atoms with Crippen molar-refractivity contribution < 1.29 is 4.79 Å². The summed E-state index contributed by atoms with van der Waals surface area (Å²) in [6, 6.07) is 0. The van der Waals surface area contributed by atoms with Crippen molar-refractivity contribution in [3.05, 3.63) is 12.2 Å². The van der Waals surface area contributed by atoms with Crippen LogP contribution in [0.25, 0.3) is 0 Å². The SMILES string of the molecule is C=C(CC(C)C)C(=O)NC(C)(C)C. The zero-order valence-electron chi connectivity index (χ0n) is 9.40. The van der Waals surface area contributed by atoms with E-state index in [1.54, 1.807) is 0 Å². The molecule has 0 aliphatic carbocycles. The Balaban J connectivity index is 4.06. The Morgan fingerprint density at radius 3 is 2.15 bits per heavy atom. The maximum Gasteiger partial charge on any atom is 0.247 e. The number of hydrogen-bond donors (Lipinski definition) is 1. The highest BCUT2D eigenvalue weighted by Gasteiger charge is 2.16. The predicted octanol–water partition coefficient (Wildman–Crippen LogP) is 2.50. The molecule has 76 valence electrons. The Morgan fingerprint density at radius 2 is 1.85 bits per heavy atom. The third-order valence-electron chi connectivity index (χ3n) is 1.46. The number of rotatable bonds is 3. The number of amides is 1. The van der Waals surface area contributed by atoms with Gasteiger partial charge in [0.25, 0.3) is 0 Å². The quantitative estimate of drug-likeness (QED) is 0.669. The van der Waals surface area contributed by atoms with E-state index in [4.69, 9.17) is 0 Å². The minimum Gasteiger partial charge on any atom is -0.348 e. The lowest BCUT2D eigenvalue weighted by Gasteiger charge is -2.21. The molecule has 13 heavy (non-hydrogen) atoms. The maximum atomic E-state index is 11.5. The summed E-state index contributed by atoms with van der Waals surface area (Å²) in [5.41, 5.74) is 0.502. The lowest BCUT2D eigenvalue weighted by molar-refractivity contribution is -0.119. The van der Waals surface area contributed by atoms with Crippen LogP contribution in [0.3, 0.4) is 0 Å². The van der Waals surface area contributed by atoms with Gasteiger partial charge in [0.15, 0.2) is 0 Å². The zero-order chi connectivity index (χ0) is 10.6. The smallest absolute Gasteiger partial charge is 0.247 e. The summed E-state index contributed by atoms with van der Waals surface area (Å²) in [6.07, 6.45) is 0.766. The van der Waals surface area contributed by atoms with Gasteiger partial charge in [-0.25, -0.2) is 0 Å². The number of carbonyl (C=O) groups is 1. The molecule has 0 aromatic rings. The molecule has 0 fully saturated rings. The van der Waals surface area contributed by atoms with Gasteiger partial charge in [0.2, 0.25) is 5.91 Å². The Hall–Kier alpha value is -0.790. The van der Waals surface area contributed by atoms with E-state index in [1.807, 2.05) is 20.8 Å². The second kappa shape index (κ2) is 4.45.